The van der Waals surface area contributed by atoms with Crippen molar-refractivity contribution >= 4 is 5.97 Å². The first-order chi connectivity index (χ1) is 10.2. The Morgan fingerprint density at radius 3 is 2.62 bits per heavy atom. The van der Waals surface area contributed by atoms with E-state index in [4.69, 9.17) is 4.74 Å². The summed E-state index contributed by atoms with van der Waals surface area (Å²) in [5, 5.41) is 0. The molecule has 1 atom stereocenters. The molecule has 0 amide bonds. The molecular weight excluding hydrogens is 262 g/mol. The van der Waals surface area contributed by atoms with E-state index in [1.807, 2.05) is 19.9 Å². The number of ether oxygens (including phenoxy) is 1. The third-order valence-corrected chi connectivity index (χ3v) is 4.13. The van der Waals surface area contributed by atoms with Crippen LogP contribution in [0.3, 0.4) is 0 Å². The Morgan fingerprint density at radius 2 is 2.00 bits per heavy atom. The van der Waals surface area contributed by atoms with Crippen LogP contribution in [0.4, 0.5) is 0 Å². The number of carbonyl (C=O) groups excluding carboxylic acids is 1. The summed E-state index contributed by atoms with van der Waals surface area (Å²) in [6.45, 7) is 7.54. The summed E-state index contributed by atoms with van der Waals surface area (Å²) in [7, 11) is 0. The number of carbonyl (C=O) groups is 1. The van der Waals surface area contributed by atoms with E-state index in [0.29, 0.717) is 12.6 Å². The maximum absolute atomic E-state index is 12.2. The molecular formula is C18H25NO2. The fraction of sp³-hybridized carbons (Fsp3) is 0.500. The molecule has 114 valence electrons. The molecule has 0 saturated carbocycles. The molecule has 0 unspecified atom stereocenters. The zero-order valence-electron chi connectivity index (χ0n) is 13.3. The topological polar surface area (TPSA) is 29.5 Å². The Kier molecular flexibility index (Phi) is 5.43. The van der Waals surface area contributed by atoms with Gasteiger partial charge in [-0.3, -0.25) is 0 Å². The molecule has 0 aliphatic carbocycles. The van der Waals surface area contributed by atoms with Gasteiger partial charge in [0.2, 0.25) is 0 Å². The molecule has 1 saturated heterocycles. The van der Waals surface area contributed by atoms with Crippen LogP contribution in [0.5, 0.6) is 0 Å². The highest BCUT2D eigenvalue weighted by atomic mass is 16.5. The van der Waals surface area contributed by atoms with Crippen molar-refractivity contribution in [1.29, 1.82) is 0 Å². The number of esters is 1. The van der Waals surface area contributed by atoms with Crippen molar-refractivity contribution in [1.82, 2.24) is 4.90 Å². The van der Waals surface area contributed by atoms with Crippen LogP contribution in [0.15, 0.2) is 41.6 Å². The van der Waals surface area contributed by atoms with E-state index >= 15 is 0 Å². The molecule has 1 aliphatic rings. The van der Waals surface area contributed by atoms with Gasteiger partial charge in [-0.1, -0.05) is 37.3 Å². The Balaban J connectivity index is 2.28. The van der Waals surface area contributed by atoms with E-state index in [9.17, 15) is 4.79 Å². The average Bonchev–Trinajstić information content (AvgIpc) is 2.98. The van der Waals surface area contributed by atoms with Gasteiger partial charge in [-0.25, -0.2) is 4.79 Å². The maximum Gasteiger partial charge on any atom is 0.335 e. The van der Waals surface area contributed by atoms with Crippen molar-refractivity contribution in [3.8, 4) is 0 Å². The molecule has 21 heavy (non-hydrogen) atoms. The first-order valence-electron chi connectivity index (χ1n) is 7.89. The number of allylic oxidation sites excluding steroid dienone is 1. The van der Waals surface area contributed by atoms with E-state index in [1.54, 1.807) is 0 Å². The Labute approximate surface area is 127 Å². The minimum atomic E-state index is -0.151. The van der Waals surface area contributed by atoms with Crippen LogP contribution >= 0.6 is 0 Å². The number of hydrogen-bond acceptors (Lipinski definition) is 3. The molecule has 1 heterocycles. The molecule has 1 aromatic carbocycles. The second-order valence-electron chi connectivity index (χ2n) is 5.38. The molecule has 2 rings (SSSR count). The van der Waals surface area contributed by atoms with Gasteiger partial charge in [0.15, 0.2) is 0 Å². The van der Waals surface area contributed by atoms with Gasteiger partial charge in [0.05, 0.1) is 18.2 Å². The number of benzene rings is 1. The summed E-state index contributed by atoms with van der Waals surface area (Å²) in [4.78, 5) is 14.5. The standard InChI is InChI=1S/C18H25NO2/c1-4-16(18(20)21-5-2)17-12-9-13-19(17)14(3)15-10-7-6-8-11-15/h6-8,10-11,14H,4-5,9,12-13H2,1-3H3/b17-16+/t14-/m0/s1. The number of nitrogens with zero attached hydrogens (tertiary/aromatic N) is 1. The second kappa shape index (κ2) is 7.30. The van der Waals surface area contributed by atoms with Crippen molar-refractivity contribution in [2.45, 2.75) is 46.1 Å². The molecule has 3 heteroatoms. The fourth-order valence-electron chi connectivity index (χ4n) is 3.04. The van der Waals surface area contributed by atoms with Crippen LogP contribution in [0, 0.1) is 0 Å². The van der Waals surface area contributed by atoms with Crippen molar-refractivity contribution in [3.63, 3.8) is 0 Å². The smallest absolute Gasteiger partial charge is 0.335 e. The number of likely N-dealkylation sites (tertiary alicyclic amines) is 1. The highest BCUT2D eigenvalue weighted by Gasteiger charge is 2.28. The van der Waals surface area contributed by atoms with Crippen LogP contribution in [0.2, 0.25) is 0 Å². The third-order valence-electron chi connectivity index (χ3n) is 4.13. The van der Waals surface area contributed by atoms with Crippen molar-refractivity contribution < 1.29 is 9.53 Å². The molecule has 1 fully saturated rings. The average molecular weight is 287 g/mol. The molecule has 0 bridgehead atoms. The normalized spacial score (nSPS) is 18.5. The van der Waals surface area contributed by atoms with E-state index in [-0.39, 0.29) is 5.97 Å². The first-order valence-corrected chi connectivity index (χ1v) is 7.89. The van der Waals surface area contributed by atoms with Crippen molar-refractivity contribution in [2.24, 2.45) is 0 Å². The molecule has 1 aromatic rings. The molecule has 1 aliphatic heterocycles. The van der Waals surface area contributed by atoms with Crippen molar-refractivity contribution in [3.05, 3.63) is 47.2 Å². The lowest BCUT2D eigenvalue weighted by Crippen LogP contribution is -2.25. The molecule has 3 nitrogen and oxygen atoms in total. The lowest BCUT2D eigenvalue weighted by atomic mass is 10.0. The van der Waals surface area contributed by atoms with Gasteiger partial charge < -0.3 is 9.64 Å². The highest BCUT2D eigenvalue weighted by molar-refractivity contribution is 5.89. The summed E-state index contributed by atoms with van der Waals surface area (Å²) < 4.78 is 5.22. The monoisotopic (exact) mass is 287 g/mol. The minimum Gasteiger partial charge on any atom is -0.463 e. The maximum atomic E-state index is 12.2. The zero-order valence-corrected chi connectivity index (χ0v) is 13.3. The molecule has 0 aromatic heterocycles. The summed E-state index contributed by atoms with van der Waals surface area (Å²) in [5.74, 6) is -0.151. The molecule has 0 spiro atoms. The first kappa shape index (κ1) is 15.6. The third kappa shape index (κ3) is 3.46. The number of rotatable bonds is 5. The van der Waals surface area contributed by atoms with Crippen LogP contribution in [0.25, 0.3) is 0 Å². The van der Waals surface area contributed by atoms with E-state index in [1.165, 1.54) is 11.3 Å². The fourth-order valence-corrected chi connectivity index (χ4v) is 3.04. The zero-order chi connectivity index (χ0) is 15.2. The molecule has 0 N–H and O–H groups in total. The lowest BCUT2D eigenvalue weighted by molar-refractivity contribution is -0.138. The van der Waals surface area contributed by atoms with Gasteiger partial charge in [0, 0.05) is 12.2 Å². The predicted molar refractivity (Wildman–Crippen MR) is 84.7 cm³/mol. The van der Waals surface area contributed by atoms with Crippen LogP contribution < -0.4 is 0 Å². The van der Waals surface area contributed by atoms with Crippen LogP contribution in [0.1, 0.15) is 51.6 Å². The summed E-state index contributed by atoms with van der Waals surface area (Å²) in [5.41, 5.74) is 3.31. The Morgan fingerprint density at radius 1 is 1.29 bits per heavy atom. The van der Waals surface area contributed by atoms with Gasteiger partial charge in [0.25, 0.3) is 0 Å². The van der Waals surface area contributed by atoms with Gasteiger partial charge in [-0.15, -0.1) is 0 Å². The molecule has 0 radical (unpaired) electrons. The van der Waals surface area contributed by atoms with Crippen molar-refractivity contribution in [2.75, 3.05) is 13.2 Å². The summed E-state index contributed by atoms with van der Waals surface area (Å²) >= 11 is 0. The van der Waals surface area contributed by atoms with E-state index in [2.05, 4.69) is 36.1 Å². The van der Waals surface area contributed by atoms with Gasteiger partial charge in [0.1, 0.15) is 0 Å². The Hall–Kier alpha value is -1.77. The van der Waals surface area contributed by atoms with Crippen LogP contribution in [-0.2, 0) is 9.53 Å². The van der Waals surface area contributed by atoms with Gasteiger partial charge in [-0.05, 0) is 38.7 Å². The van der Waals surface area contributed by atoms with Crippen LogP contribution in [-0.4, -0.2) is 24.0 Å². The van der Waals surface area contributed by atoms with Gasteiger partial charge >= 0.3 is 5.97 Å². The quantitative estimate of drug-likeness (QED) is 0.604. The van der Waals surface area contributed by atoms with Gasteiger partial charge in [-0.2, -0.15) is 0 Å². The highest BCUT2D eigenvalue weighted by Crippen LogP contribution is 2.34. The summed E-state index contributed by atoms with van der Waals surface area (Å²) in [6, 6.07) is 10.8. The predicted octanol–water partition coefficient (Wildman–Crippen LogP) is 4.07. The SMILES string of the molecule is CCOC(=O)/C(CC)=C1\CCCN1[C@@H](C)c1ccccc1. The Bertz CT molecular complexity index is 507. The van der Waals surface area contributed by atoms with E-state index in [0.717, 1.165) is 31.4 Å². The minimum absolute atomic E-state index is 0.151. The largest absolute Gasteiger partial charge is 0.463 e. The lowest BCUT2D eigenvalue weighted by Gasteiger charge is -2.29. The second-order valence-corrected chi connectivity index (χ2v) is 5.38. The number of hydrogen-bond donors (Lipinski definition) is 0. The van der Waals surface area contributed by atoms with E-state index < -0.39 is 0 Å². The summed E-state index contributed by atoms with van der Waals surface area (Å²) in [6.07, 6.45) is 2.81.